The average Bonchev–Trinajstić information content (AvgIpc) is 2.93. The number of para-hydroxylation sites is 1. The number of hydrogen-bond acceptors (Lipinski definition) is 1. The fraction of sp³-hybridized carbons (Fsp3) is 0.524. The molecule has 0 fully saturated rings. The molecule has 0 aliphatic carbocycles. The number of quaternary nitrogens is 1. The molecule has 0 amide bonds. The molecule has 2 aliphatic rings. The Balaban J connectivity index is 2.34. The lowest BCUT2D eigenvalue weighted by Crippen LogP contribution is -2.67. The molecular weight excluding hydrogens is 407 g/mol. The highest BCUT2D eigenvalue weighted by atomic mass is 127. The predicted molar refractivity (Wildman–Crippen MR) is 113 cm³/mol. The van der Waals surface area contributed by atoms with Crippen molar-refractivity contribution in [2.75, 3.05) is 0 Å². The summed E-state index contributed by atoms with van der Waals surface area (Å²) in [6.07, 6.45) is 9.65. The molecule has 0 bridgehead atoms. The molecule has 0 spiro atoms. The van der Waals surface area contributed by atoms with Gasteiger partial charge in [0, 0.05) is 23.1 Å². The fourth-order valence-electron chi connectivity index (χ4n) is 4.98. The quantitative estimate of drug-likeness (QED) is 0.311. The summed E-state index contributed by atoms with van der Waals surface area (Å²) in [5.74, 6) is 0. The summed E-state index contributed by atoms with van der Waals surface area (Å²) in [5, 5.41) is 0. The molecule has 24 heavy (non-hydrogen) atoms. The lowest BCUT2D eigenvalue weighted by atomic mass is 9.55. The molecule has 4 atom stereocenters. The van der Waals surface area contributed by atoms with Crippen LogP contribution in [0.3, 0.4) is 0 Å². The van der Waals surface area contributed by atoms with Crippen LogP contribution in [0, 0.1) is 5.41 Å². The minimum atomic E-state index is -0.0453. The van der Waals surface area contributed by atoms with Gasteiger partial charge >= 0.3 is 0 Å². The van der Waals surface area contributed by atoms with E-state index in [1.165, 1.54) is 24.1 Å². The smallest absolute Gasteiger partial charge is 0.262 e. The van der Waals surface area contributed by atoms with Gasteiger partial charge in [-0.05, 0) is 20.3 Å². The van der Waals surface area contributed by atoms with Crippen molar-refractivity contribution in [1.82, 2.24) is 7.60 Å². The Labute approximate surface area is 161 Å². The van der Waals surface area contributed by atoms with Crippen molar-refractivity contribution in [3.8, 4) is 0 Å². The minimum absolute atomic E-state index is 0.0453. The molecule has 3 heteroatoms. The topological polar surface area (TPSA) is 3.24 Å². The maximum Gasteiger partial charge on any atom is 0.262 e. The van der Waals surface area contributed by atoms with Crippen molar-refractivity contribution in [2.24, 2.45) is 5.41 Å². The van der Waals surface area contributed by atoms with Crippen molar-refractivity contribution in [1.29, 1.82) is 0 Å². The van der Waals surface area contributed by atoms with Gasteiger partial charge in [-0.3, -0.25) is 0 Å². The summed E-state index contributed by atoms with van der Waals surface area (Å²) in [5.41, 5.74) is 2.89. The standard InChI is InChI=1S/C21H30IN2/c1-7-13-21(6)19-23(16(3)4)14-15-24(19,22)18-12-10-9-11-17(18)20(21,5)8-2/h8-12,14-16,19H,2,7,13H2,1,3-6H3/q+1/t19?,20?,21-,24?/m0/s1. The third-order valence-electron chi connectivity index (χ3n) is 6.46. The van der Waals surface area contributed by atoms with Crippen LogP contribution in [0.1, 0.15) is 53.0 Å². The van der Waals surface area contributed by atoms with Crippen molar-refractivity contribution in [3.05, 3.63) is 54.9 Å². The van der Waals surface area contributed by atoms with E-state index in [-0.39, 0.29) is 10.8 Å². The lowest BCUT2D eigenvalue weighted by Gasteiger charge is -2.58. The summed E-state index contributed by atoms with van der Waals surface area (Å²) in [6.45, 7) is 16.1. The molecule has 130 valence electrons. The van der Waals surface area contributed by atoms with Gasteiger partial charge in [0.25, 0.3) is 22.9 Å². The van der Waals surface area contributed by atoms with Crippen LogP contribution in [0.2, 0.25) is 0 Å². The zero-order valence-corrected chi connectivity index (χ0v) is 17.7. The Morgan fingerprint density at radius 1 is 1.33 bits per heavy atom. The SMILES string of the molecule is C=CC1(C)c2ccccc2[N+]2(I)C=CN(C(C)C)C2[C@]1(C)CCC. The molecule has 0 N–H and O–H groups in total. The van der Waals surface area contributed by atoms with Crippen LogP contribution in [0.15, 0.2) is 49.3 Å². The van der Waals surface area contributed by atoms with Crippen molar-refractivity contribution in [3.63, 3.8) is 0 Å². The highest BCUT2D eigenvalue weighted by Crippen LogP contribution is 2.62. The molecule has 0 saturated carbocycles. The third kappa shape index (κ3) is 2.10. The van der Waals surface area contributed by atoms with E-state index in [1.54, 1.807) is 0 Å². The van der Waals surface area contributed by atoms with Gasteiger partial charge in [0.1, 0.15) is 6.20 Å². The third-order valence-corrected chi connectivity index (χ3v) is 7.83. The van der Waals surface area contributed by atoms with E-state index in [4.69, 9.17) is 0 Å². The molecule has 3 unspecified atom stereocenters. The monoisotopic (exact) mass is 437 g/mol. The number of benzene rings is 1. The van der Waals surface area contributed by atoms with Crippen LogP contribution in [-0.2, 0) is 5.41 Å². The average molecular weight is 437 g/mol. The summed E-state index contributed by atoms with van der Waals surface area (Å²) in [6, 6.07) is 9.45. The van der Waals surface area contributed by atoms with Gasteiger partial charge < -0.3 is 4.90 Å². The molecule has 1 aromatic carbocycles. The zero-order chi connectivity index (χ0) is 17.8. The largest absolute Gasteiger partial charge is 0.320 e. The van der Waals surface area contributed by atoms with Gasteiger partial charge in [0.05, 0.1) is 11.6 Å². The van der Waals surface area contributed by atoms with Gasteiger partial charge in [0.2, 0.25) is 0 Å². The van der Waals surface area contributed by atoms with Gasteiger partial charge in [-0.1, -0.05) is 51.5 Å². The Kier molecular flexibility index (Phi) is 4.40. The molecule has 2 heterocycles. The molecular formula is C21H30IN2+. The predicted octanol–water partition coefficient (Wildman–Crippen LogP) is 6.13. The summed E-state index contributed by atoms with van der Waals surface area (Å²) in [7, 11) is 0. The highest BCUT2D eigenvalue weighted by molar-refractivity contribution is 14.1. The first-order valence-electron chi connectivity index (χ1n) is 9.05. The van der Waals surface area contributed by atoms with Crippen LogP contribution in [0.4, 0.5) is 5.69 Å². The number of rotatable bonds is 4. The normalized spacial score (nSPS) is 37.5. The first-order valence-corrected chi connectivity index (χ1v) is 10.0. The second-order valence-corrected chi connectivity index (χ2v) is 9.59. The van der Waals surface area contributed by atoms with E-state index >= 15 is 0 Å². The summed E-state index contributed by atoms with van der Waals surface area (Å²) < 4.78 is 0.839. The van der Waals surface area contributed by atoms with E-state index < -0.39 is 0 Å². The highest BCUT2D eigenvalue weighted by Gasteiger charge is 2.66. The van der Waals surface area contributed by atoms with Gasteiger partial charge in [-0.2, -0.15) is 2.70 Å². The number of hydrogen-bond donors (Lipinski definition) is 0. The first-order chi connectivity index (χ1) is 11.3. The Morgan fingerprint density at radius 3 is 2.58 bits per heavy atom. The van der Waals surface area contributed by atoms with E-state index in [0.29, 0.717) is 12.2 Å². The van der Waals surface area contributed by atoms with Gasteiger partial charge in [-0.15, -0.1) is 6.58 Å². The Morgan fingerprint density at radius 2 is 2.00 bits per heavy atom. The molecule has 2 aliphatic heterocycles. The van der Waals surface area contributed by atoms with Crippen molar-refractivity contribution in [2.45, 2.75) is 65.1 Å². The van der Waals surface area contributed by atoms with Gasteiger partial charge in [-0.25, -0.2) is 0 Å². The maximum atomic E-state index is 4.29. The van der Waals surface area contributed by atoms with E-state index in [1.807, 2.05) is 0 Å². The number of allylic oxidation sites excluding steroid dienone is 1. The van der Waals surface area contributed by atoms with E-state index in [9.17, 15) is 0 Å². The van der Waals surface area contributed by atoms with Crippen LogP contribution in [-0.4, -0.2) is 17.1 Å². The molecule has 0 aromatic heterocycles. The zero-order valence-electron chi connectivity index (χ0n) is 15.6. The number of fused-ring (bicyclic) bond motifs is 3. The molecule has 1 aromatic rings. The van der Waals surface area contributed by atoms with Crippen LogP contribution >= 0.6 is 22.9 Å². The van der Waals surface area contributed by atoms with Crippen LogP contribution in [0.5, 0.6) is 0 Å². The first kappa shape index (κ1) is 18.0. The Bertz CT molecular complexity index is 682. The number of halogens is 1. The Hall–Kier alpha value is -0.810. The van der Waals surface area contributed by atoms with E-state index in [0.717, 1.165) is 2.70 Å². The van der Waals surface area contributed by atoms with Crippen LogP contribution < -0.4 is 2.70 Å². The second-order valence-electron chi connectivity index (χ2n) is 7.99. The molecule has 3 rings (SSSR count). The second kappa shape index (κ2) is 5.87. The van der Waals surface area contributed by atoms with Crippen LogP contribution in [0.25, 0.3) is 0 Å². The molecule has 2 nitrogen and oxygen atoms in total. The van der Waals surface area contributed by atoms with Crippen molar-refractivity contribution >= 4 is 28.6 Å². The molecule has 0 radical (unpaired) electrons. The minimum Gasteiger partial charge on any atom is -0.320 e. The summed E-state index contributed by atoms with van der Waals surface area (Å²) >= 11 is 2.66. The van der Waals surface area contributed by atoms with Crippen molar-refractivity contribution < 1.29 is 0 Å². The maximum absolute atomic E-state index is 4.29. The van der Waals surface area contributed by atoms with E-state index in [2.05, 4.69) is 112 Å². The van der Waals surface area contributed by atoms with Gasteiger partial charge in [0.15, 0.2) is 11.9 Å². The molecule has 0 saturated heterocycles. The number of nitrogens with zero attached hydrogens (tertiary/aromatic N) is 2. The lowest BCUT2D eigenvalue weighted by molar-refractivity contribution is -0.00185. The fourth-order valence-corrected chi connectivity index (χ4v) is 6.45. The summed E-state index contributed by atoms with van der Waals surface area (Å²) in [4.78, 5) is 2.57.